The fourth-order valence-electron chi connectivity index (χ4n) is 2.56. The van der Waals surface area contributed by atoms with Gasteiger partial charge in [-0.05, 0) is 58.2 Å². The van der Waals surface area contributed by atoms with Gasteiger partial charge in [0, 0.05) is 20.6 Å². The van der Waals surface area contributed by atoms with E-state index in [4.69, 9.17) is 21.1 Å². The minimum absolute atomic E-state index is 0.149. The molecule has 1 unspecified atom stereocenters. The topological polar surface area (TPSA) is 89.0 Å². The van der Waals surface area contributed by atoms with Crippen LogP contribution in [0.1, 0.15) is 29.8 Å². The lowest BCUT2D eigenvalue weighted by atomic mass is 10.0. The number of benzene rings is 2. The van der Waals surface area contributed by atoms with Crippen LogP contribution < -0.4 is 20.2 Å². The first-order valence-corrected chi connectivity index (χ1v) is 10.2. The third kappa shape index (κ3) is 6.21. The maximum absolute atomic E-state index is 12.6. The first-order chi connectivity index (χ1) is 14.3. The number of carbonyl (C=O) groups is 2. The van der Waals surface area contributed by atoms with Crippen LogP contribution in [-0.4, -0.2) is 38.3 Å². The van der Waals surface area contributed by atoms with Crippen molar-refractivity contribution < 1.29 is 19.1 Å². The molecule has 1 atom stereocenters. The first kappa shape index (κ1) is 23.7. The zero-order valence-corrected chi connectivity index (χ0v) is 19.4. The summed E-state index contributed by atoms with van der Waals surface area (Å²) >= 11 is 9.28. The van der Waals surface area contributed by atoms with E-state index in [0.717, 1.165) is 4.47 Å². The van der Waals surface area contributed by atoms with Gasteiger partial charge in [0.25, 0.3) is 11.8 Å². The van der Waals surface area contributed by atoms with Gasteiger partial charge in [0.1, 0.15) is 6.04 Å². The van der Waals surface area contributed by atoms with Crippen LogP contribution in [0.5, 0.6) is 11.5 Å². The normalized spacial score (nSPS) is 12.0. The molecule has 0 radical (unpaired) electrons. The molecule has 0 heterocycles. The maximum atomic E-state index is 12.6. The lowest BCUT2D eigenvalue weighted by Gasteiger charge is -2.20. The summed E-state index contributed by atoms with van der Waals surface area (Å²) in [5.74, 6) is 0.149. The second kappa shape index (κ2) is 11.0. The van der Waals surface area contributed by atoms with Crippen LogP contribution in [0.4, 0.5) is 0 Å². The summed E-state index contributed by atoms with van der Waals surface area (Å²) in [5.41, 5.74) is 3.57. The van der Waals surface area contributed by atoms with E-state index in [1.807, 2.05) is 13.8 Å². The van der Waals surface area contributed by atoms with Crippen LogP contribution in [-0.2, 0) is 4.79 Å². The summed E-state index contributed by atoms with van der Waals surface area (Å²) in [4.78, 5) is 25.0. The number of nitrogens with zero attached hydrogens (tertiary/aromatic N) is 1. The third-order valence-corrected chi connectivity index (χ3v) is 5.16. The minimum atomic E-state index is -0.765. The summed E-state index contributed by atoms with van der Waals surface area (Å²) in [7, 11) is 3.08. The molecular formula is C21H23BrClN3O4. The van der Waals surface area contributed by atoms with Crippen molar-refractivity contribution in [3.05, 3.63) is 57.0 Å². The third-order valence-electron chi connectivity index (χ3n) is 4.22. The number of methoxy groups -OCH3 is 2. The molecule has 0 aliphatic rings. The monoisotopic (exact) mass is 495 g/mol. The molecule has 0 aliphatic carbocycles. The van der Waals surface area contributed by atoms with Crippen LogP contribution in [0.3, 0.4) is 0 Å². The van der Waals surface area contributed by atoms with Gasteiger partial charge in [-0.3, -0.25) is 9.59 Å². The van der Waals surface area contributed by atoms with E-state index in [9.17, 15) is 9.59 Å². The number of carbonyl (C=O) groups excluding carboxylic acids is 2. The SMILES string of the molecule is COc1cc(Br)c(C=NNC(=O)C(NC(=O)c2ccc(Cl)cc2)C(C)C)cc1OC. The zero-order valence-electron chi connectivity index (χ0n) is 17.0. The molecule has 2 aromatic rings. The van der Waals surface area contributed by atoms with Gasteiger partial charge in [0.15, 0.2) is 11.5 Å². The second-order valence-corrected chi connectivity index (χ2v) is 7.96. The Hall–Kier alpha value is -2.58. The van der Waals surface area contributed by atoms with Gasteiger partial charge in [0.2, 0.25) is 0 Å². The molecule has 0 aliphatic heterocycles. The standard InChI is InChI=1S/C21H23BrClN3O4/c1-12(2)19(25-20(27)13-5-7-15(23)8-6-13)21(28)26-24-11-14-9-17(29-3)18(30-4)10-16(14)22/h5-12,19H,1-4H3,(H,25,27)(H,26,28). The summed E-state index contributed by atoms with van der Waals surface area (Å²) < 4.78 is 11.2. The predicted molar refractivity (Wildman–Crippen MR) is 121 cm³/mol. The van der Waals surface area contributed by atoms with E-state index in [1.165, 1.54) is 13.3 Å². The van der Waals surface area contributed by atoms with Crippen molar-refractivity contribution in [2.75, 3.05) is 14.2 Å². The molecule has 0 fully saturated rings. The average molecular weight is 497 g/mol. The summed E-state index contributed by atoms with van der Waals surface area (Å²) in [6.45, 7) is 3.67. The molecule has 9 heteroatoms. The highest BCUT2D eigenvalue weighted by Crippen LogP contribution is 2.32. The van der Waals surface area contributed by atoms with Crippen molar-refractivity contribution in [1.29, 1.82) is 0 Å². The molecule has 0 spiro atoms. The minimum Gasteiger partial charge on any atom is -0.493 e. The number of hydrogen-bond donors (Lipinski definition) is 2. The molecule has 0 bridgehead atoms. The quantitative estimate of drug-likeness (QED) is 0.427. The van der Waals surface area contributed by atoms with Crippen molar-refractivity contribution in [2.45, 2.75) is 19.9 Å². The van der Waals surface area contributed by atoms with Gasteiger partial charge < -0.3 is 14.8 Å². The molecule has 0 saturated heterocycles. The smallest absolute Gasteiger partial charge is 0.262 e. The van der Waals surface area contributed by atoms with Crippen LogP contribution >= 0.6 is 27.5 Å². The number of ether oxygens (including phenoxy) is 2. The fraction of sp³-hybridized carbons (Fsp3) is 0.286. The van der Waals surface area contributed by atoms with E-state index >= 15 is 0 Å². The van der Waals surface area contributed by atoms with Gasteiger partial charge in [-0.2, -0.15) is 5.10 Å². The number of amides is 2. The number of nitrogens with one attached hydrogen (secondary N) is 2. The molecule has 0 aromatic heterocycles. The lowest BCUT2D eigenvalue weighted by molar-refractivity contribution is -0.123. The van der Waals surface area contributed by atoms with Gasteiger partial charge in [-0.15, -0.1) is 0 Å². The molecule has 2 aromatic carbocycles. The summed E-state index contributed by atoms with van der Waals surface area (Å²) in [6.07, 6.45) is 1.47. The predicted octanol–water partition coefficient (Wildman–Crippen LogP) is 4.02. The lowest BCUT2D eigenvalue weighted by Crippen LogP contribution is -2.48. The van der Waals surface area contributed by atoms with Crippen molar-refractivity contribution in [2.24, 2.45) is 11.0 Å². The Morgan fingerprint density at radius 3 is 2.27 bits per heavy atom. The largest absolute Gasteiger partial charge is 0.493 e. The Bertz CT molecular complexity index is 933. The average Bonchev–Trinajstić information content (AvgIpc) is 2.72. The van der Waals surface area contributed by atoms with Crippen molar-refractivity contribution in [1.82, 2.24) is 10.7 Å². The Morgan fingerprint density at radius 1 is 1.10 bits per heavy atom. The summed E-state index contributed by atoms with van der Waals surface area (Å²) in [5, 5.41) is 7.27. The first-order valence-electron chi connectivity index (χ1n) is 9.07. The molecule has 160 valence electrons. The van der Waals surface area contributed by atoms with Crippen LogP contribution in [0.25, 0.3) is 0 Å². The van der Waals surface area contributed by atoms with Gasteiger partial charge in [-0.1, -0.05) is 25.4 Å². The second-order valence-electron chi connectivity index (χ2n) is 6.67. The fourth-order valence-corrected chi connectivity index (χ4v) is 3.12. The van der Waals surface area contributed by atoms with Crippen molar-refractivity contribution in [3.63, 3.8) is 0 Å². The van der Waals surface area contributed by atoms with Crippen molar-refractivity contribution >= 4 is 45.6 Å². The molecule has 2 N–H and O–H groups in total. The van der Waals surface area contributed by atoms with Crippen LogP contribution in [0.15, 0.2) is 46.0 Å². The summed E-state index contributed by atoms with van der Waals surface area (Å²) in [6, 6.07) is 9.13. The van der Waals surface area contributed by atoms with E-state index < -0.39 is 11.9 Å². The molecular weight excluding hydrogens is 474 g/mol. The van der Waals surface area contributed by atoms with Crippen molar-refractivity contribution in [3.8, 4) is 11.5 Å². The molecule has 2 amide bonds. The van der Waals surface area contributed by atoms with E-state index in [0.29, 0.717) is 27.6 Å². The Morgan fingerprint density at radius 2 is 1.70 bits per heavy atom. The van der Waals surface area contributed by atoms with Crippen LogP contribution in [0, 0.1) is 5.92 Å². The van der Waals surface area contributed by atoms with E-state index in [2.05, 4.69) is 31.8 Å². The number of hydrogen-bond acceptors (Lipinski definition) is 5. The number of rotatable bonds is 8. The van der Waals surface area contributed by atoms with E-state index in [-0.39, 0.29) is 11.8 Å². The van der Waals surface area contributed by atoms with E-state index in [1.54, 1.807) is 43.5 Å². The number of halogens is 2. The Balaban J connectivity index is 2.08. The van der Waals surface area contributed by atoms with Crippen LogP contribution in [0.2, 0.25) is 5.02 Å². The molecule has 0 saturated carbocycles. The Kier molecular flexibility index (Phi) is 8.68. The maximum Gasteiger partial charge on any atom is 0.262 e. The molecule has 2 rings (SSSR count). The molecule has 30 heavy (non-hydrogen) atoms. The van der Waals surface area contributed by atoms with Gasteiger partial charge in [0.05, 0.1) is 20.4 Å². The highest BCUT2D eigenvalue weighted by atomic mass is 79.9. The highest BCUT2D eigenvalue weighted by molar-refractivity contribution is 9.10. The van der Waals surface area contributed by atoms with Gasteiger partial charge in [-0.25, -0.2) is 5.43 Å². The Labute approximate surface area is 188 Å². The van der Waals surface area contributed by atoms with Gasteiger partial charge >= 0.3 is 0 Å². The number of hydrazone groups is 1. The zero-order chi connectivity index (χ0) is 22.3. The molecule has 7 nitrogen and oxygen atoms in total. The highest BCUT2D eigenvalue weighted by Gasteiger charge is 2.24.